The van der Waals surface area contributed by atoms with Crippen LogP contribution in [0.15, 0.2) is 203 Å². The lowest BCUT2D eigenvalue weighted by molar-refractivity contribution is -0.140. The largest absolute Gasteiger partial charge is 0.494 e. The Hall–Kier alpha value is -10.4. The number of nitrogens with zero attached hydrogens (tertiary/aromatic N) is 3. The van der Waals surface area contributed by atoms with Crippen molar-refractivity contribution in [3.8, 4) is 39.1 Å². The van der Waals surface area contributed by atoms with Gasteiger partial charge in [-0.05, 0) is 150 Å². The lowest BCUT2D eigenvalue weighted by atomic mass is 10.1. The highest BCUT2D eigenvalue weighted by atomic mass is 32.2. The molecule has 0 amide bonds. The van der Waals surface area contributed by atoms with Gasteiger partial charge in [0.25, 0.3) is 0 Å². The van der Waals surface area contributed by atoms with E-state index in [4.69, 9.17) is 20.2 Å². The van der Waals surface area contributed by atoms with Crippen molar-refractivity contribution in [3.63, 3.8) is 0 Å². The van der Waals surface area contributed by atoms with Crippen LogP contribution in [-0.4, -0.2) is 61.8 Å². The summed E-state index contributed by atoms with van der Waals surface area (Å²) in [7, 11) is -11.7. The van der Waals surface area contributed by atoms with Gasteiger partial charge in [-0.2, -0.15) is 26.3 Å². The summed E-state index contributed by atoms with van der Waals surface area (Å²) in [6.45, 7) is 2.57. The van der Waals surface area contributed by atoms with E-state index in [9.17, 15) is 60.4 Å². The van der Waals surface area contributed by atoms with Crippen molar-refractivity contribution in [2.24, 2.45) is 15.4 Å². The Kier molecular flexibility index (Phi) is 19.1. The Labute approximate surface area is 532 Å². The molecular weight excluding hydrogens is 1290 g/mol. The van der Waals surface area contributed by atoms with Gasteiger partial charge in [0.05, 0.1) is 65.5 Å². The number of imidazole rings is 3. The van der Waals surface area contributed by atoms with E-state index in [1.165, 1.54) is 42.5 Å². The molecule has 0 atom stereocenters. The Morgan fingerprint density at radius 3 is 1.22 bits per heavy atom. The van der Waals surface area contributed by atoms with Crippen molar-refractivity contribution in [2.45, 2.75) is 34.0 Å². The van der Waals surface area contributed by atoms with Crippen molar-refractivity contribution >= 4 is 99.6 Å². The molecule has 0 fully saturated rings. The molecule has 12 aromatic rings. The van der Waals surface area contributed by atoms with E-state index in [0.29, 0.717) is 86.1 Å². The third kappa shape index (κ3) is 16.1. The van der Waals surface area contributed by atoms with Crippen molar-refractivity contribution in [1.29, 1.82) is 0 Å². The molecule has 9 N–H and O–H groups in total. The van der Waals surface area contributed by atoms with Crippen LogP contribution in [0.2, 0.25) is 0 Å². The Balaban J connectivity index is 0.000000154. The summed E-state index contributed by atoms with van der Waals surface area (Å²) in [5.41, 5.74) is 6.10. The molecule has 0 aliphatic rings. The number of rotatable bonds is 14. The Morgan fingerprint density at radius 2 is 0.840 bits per heavy atom. The smallest absolute Gasteiger partial charge is 0.419 e. The number of fused-ring (bicyclic) bond motifs is 3. The Morgan fingerprint density at radius 1 is 0.426 bits per heavy atom. The van der Waals surface area contributed by atoms with Gasteiger partial charge in [-0.15, -0.1) is 0 Å². The van der Waals surface area contributed by atoms with Crippen molar-refractivity contribution < 1.29 is 65.1 Å². The maximum atomic E-state index is 14.0. The van der Waals surface area contributed by atoms with Crippen LogP contribution >= 0.6 is 0 Å². The Bertz CT molecular complexity index is 5300. The first kappa shape index (κ1) is 66.5. The number of primary sulfonamides is 3. The molecule has 0 unspecified atom stereocenters. The molecule has 3 heterocycles. The predicted octanol–water partition coefficient (Wildman–Crippen LogP) is 14.9. The zero-order valence-corrected chi connectivity index (χ0v) is 51.2. The molecule has 0 saturated heterocycles. The number of sulfonamides is 3. The van der Waals surface area contributed by atoms with Gasteiger partial charge >= 0.3 is 12.4 Å². The van der Waals surface area contributed by atoms with Crippen LogP contribution in [0.3, 0.4) is 0 Å². The highest BCUT2D eigenvalue weighted by Crippen LogP contribution is 2.35. The second kappa shape index (κ2) is 27.0. The van der Waals surface area contributed by atoms with Gasteiger partial charge in [0.15, 0.2) is 0 Å². The van der Waals surface area contributed by atoms with Crippen molar-refractivity contribution in [1.82, 2.24) is 29.9 Å². The molecule has 94 heavy (non-hydrogen) atoms. The molecule has 12 rings (SSSR count). The fraction of sp³-hybridized carbons (Fsp3) is 0.0597. The highest BCUT2D eigenvalue weighted by Gasteiger charge is 2.34. The van der Waals surface area contributed by atoms with Gasteiger partial charge in [-0.25, -0.2) is 64.4 Å². The molecule has 0 spiro atoms. The van der Waals surface area contributed by atoms with Crippen LogP contribution in [0.1, 0.15) is 52.2 Å². The van der Waals surface area contributed by atoms with E-state index >= 15 is 0 Å². The zero-order chi connectivity index (χ0) is 67.3. The molecule has 3 aromatic heterocycles. The molecule has 480 valence electrons. The van der Waals surface area contributed by atoms with Gasteiger partial charge in [0.2, 0.25) is 30.1 Å². The monoisotopic (exact) mass is 1340 g/mol. The number of nitrogens with two attached hydrogens (primary N) is 3. The number of hydrogen-bond acceptors (Lipinski definition) is 10. The second-order valence-electron chi connectivity index (χ2n) is 20.7. The normalized spacial score (nSPS) is 12.4. The van der Waals surface area contributed by atoms with Gasteiger partial charge in [-0.1, -0.05) is 109 Å². The van der Waals surface area contributed by atoms with Gasteiger partial charge in [-0.3, -0.25) is 0 Å². The number of alkyl halides is 6. The minimum atomic E-state index is -4.76. The van der Waals surface area contributed by atoms with E-state index in [2.05, 4.69) is 29.9 Å². The minimum absolute atomic E-state index is 0.0108. The average molecular weight is 1340 g/mol. The number of aromatic amines is 3. The number of halogens is 8. The SMILES string of the molecule is CCOc1cccc(/C=C/c2nc3ccc(-c4ccccc4S(N)(=O)=O)cc3[nH]2)c1.NS(=O)(=O)c1ccccc1-c1ccc2nc(/C=C/c3ccc(C(F)(F)F)c(F)c3)[nH]c2c1.NS(=O)(=O)c1ccccc1-c1ccc2nc(/C=C/c3ccc(C(F)(F)F)cc3F)[nH]c2c1. The fourth-order valence-electron chi connectivity index (χ4n) is 9.78. The topological polar surface area (TPSA) is 276 Å². The summed E-state index contributed by atoms with van der Waals surface area (Å²) in [6, 6.07) is 47.8. The standard InChI is InChI=1S/C23H21N3O3S.2C22H15F4N3O2S/c1-2-29-18-7-5-6-16(14-18)10-13-23-25-20-12-11-17(15-21(20)26-23)19-8-3-4-9-22(19)30(24,27)28;23-17-11-13(5-8-16(17)22(24,25)26)6-10-21-28-18-9-7-14(12-19(18)29-21)15-3-1-2-4-20(15)32(27,30)31;23-17-12-15(22(24,25)26)8-5-13(17)7-10-21-28-18-9-6-14(11-19(18)29-21)16-3-1-2-4-20(16)32(27,30)31/h3-15H,2H2,1H3,(H,25,26)(H2,24,27,28);2*1-12H,(H,28,29)(H2,27,30,31)/b13-10+;10-6+;10-7+. The van der Waals surface area contributed by atoms with E-state index in [1.54, 1.807) is 91.0 Å². The predicted molar refractivity (Wildman–Crippen MR) is 346 cm³/mol. The summed E-state index contributed by atoms with van der Waals surface area (Å²) < 4.78 is 181. The van der Waals surface area contributed by atoms with Crippen LogP contribution in [0.5, 0.6) is 5.75 Å². The van der Waals surface area contributed by atoms with Crippen LogP contribution in [-0.2, 0) is 42.4 Å². The van der Waals surface area contributed by atoms with E-state index in [1.807, 2.05) is 61.5 Å². The highest BCUT2D eigenvalue weighted by molar-refractivity contribution is 7.89. The van der Waals surface area contributed by atoms with Gasteiger partial charge in [0, 0.05) is 22.3 Å². The lowest BCUT2D eigenvalue weighted by Gasteiger charge is -2.07. The van der Waals surface area contributed by atoms with E-state index in [0.717, 1.165) is 52.2 Å². The number of ether oxygens (including phenoxy) is 1. The average Bonchev–Trinajstić information content (AvgIpc) is 1.59. The number of hydrogen-bond donors (Lipinski definition) is 6. The molecule has 0 saturated carbocycles. The first-order chi connectivity index (χ1) is 44.5. The molecule has 0 aliphatic carbocycles. The number of aromatic nitrogens is 6. The van der Waals surface area contributed by atoms with Crippen LogP contribution < -0.4 is 20.2 Å². The molecule has 27 heteroatoms. The third-order valence-corrected chi connectivity index (χ3v) is 17.0. The quantitative estimate of drug-likeness (QED) is 0.0560. The van der Waals surface area contributed by atoms with Crippen LogP contribution in [0.4, 0.5) is 35.1 Å². The molecule has 0 radical (unpaired) electrons. The first-order valence-electron chi connectivity index (χ1n) is 27.8. The zero-order valence-electron chi connectivity index (χ0n) is 48.7. The van der Waals surface area contributed by atoms with E-state index < -0.39 is 65.2 Å². The number of H-pyrrole nitrogens is 3. The second-order valence-corrected chi connectivity index (χ2v) is 25.3. The third-order valence-electron chi connectivity index (χ3n) is 14.1. The number of benzene rings is 9. The minimum Gasteiger partial charge on any atom is -0.494 e. The maximum Gasteiger partial charge on any atom is 0.419 e. The fourth-order valence-corrected chi connectivity index (χ4v) is 12.1. The summed E-state index contributed by atoms with van der Waals surface area (Å²) in [6.07, 6.45) is 0.138. The van der Waals surface area contributed by atoms with Crippen molar-refractivity contribution in [2.75, 3.05) is 6.61 Å². The molecule has 9 aromatic carbocycles. The van der Waals surface area contributed by atoms with Crippen molar-refractivity contribution in [3.05, 3.63) is 245 Å². The molecule has 0 bridgehead atoms. The van der Waals surface area contributed by atoms with E-state index in [-0.39, 0.29) is 25.8 Å². The summed E-state index contributed by atoms with van der Waals surface area (Å²) in [4.78, 5) is 22.6. The molecule has 0 aliphatic heterocycles. The van der Waals surface area contributed by atoms with Crippen LogP contribution in [0.25, 0.3) is 103 Å². The summed E-state index contributed by atoms with van der Waals surface area (Å²) in [5, 5.41) is 16.0. The lowest BCUT2D eigenvalue weighted by Crippen LogP contribution is -2.13. The maximum absolute atomic E-state index is 14.0. The summed E-state index contributed by atoms with van der Waals surface area (Å²) in [5.74, 6) is -0.115. The van der Waals surface area contributed by atoms with Gasteiger partial charge < -0.3 is 19.7 Å². The summed E-state index contributed by atoms with van der Waals surface area (Å²) >= 11 is 0. The number of nitrogens with one attached hydrogen (secondary N) is 3. The molecule has 16 nitrogen and oxygen atoms in total. The van der Waals surface area contributed by atoms with Crippen LogP contribution in [0, 0.1) is 11.6 Å². The molecular formula is C67H51F8N9O7S3. The first-order valence-corrected chi connectivity index (χ1v) is 32.5. The van der Waals surface area contributed by atoms with Gasteiger partial charge in [0.1, 0.15) is 34.9 Å².